The smallest absolute Gasteiger partial charge is 0.497 e. The number of ether oxygens (including phenoxy) is 12. The van der Waals surface area contributed by atoms with Crippen LogP contribution < -0.4 is 56.8 Å². The number of aliphatic imine (C=N–C) groups is 6. The average molecular weight is 2100 g/mol. The Hall–Kier alpha value is -11.8. The van der Waals surface area contributed by atoms with Crippen LogP contribution in [0, 0.1) is 0 Å². The van der Waals surface area contributed by atoms with E-state index in [1.54, 1.807) is 85.3 Å². The monoisotopic (exact) mass is 2110 g/mol. The summed E-state index contributed by atoms with van der Waals surface area (Å²) < 4.78 is 60.9. The second-order valence-electron chi connectivity index (χ2n) is 22.6. The molecule has 4 N–H and O–H groups in total. The number of aliphatic hydroxyl groups is 4. The Balaban J connectivity index is -0.00000142. The van der Waals surface area contributed by atoms with E-state index < -0.39 is 0 Å². The van der Waals surface area contributed by atoms with Gasteiger partial charge in [-0.2, -0.15) is 0 Å². The molecule has 0 bridgehead atoms. The van der Waals surface area contributed by atoms with Crippen LogP contribution in [-0.2, 0) is 101 Å². The molecule has 0 heterocycles. The molecule has 12 rings (SSSR count). The summed E-state index contributed by atoms with van der Waals surface area (Å²) in [7, 11) is 23.6. The number of nitrogens with zero attached hydrogens (tertiary/aromatic N) is 12. The van der Waals surface area contributed by atoms with Crippen LogP contribution in [0.25, 0.3) is 31.9 Å². The largest absolute Gasteiger partial charge is 2.00 e. The summed E-state index contributed by atoms with van der Waals surface area (Å²) >= 11 is 0. The topological polar surface area (TPSA) is 350 Å². The molecule has 0 unspecified atom stereocenters. The third-order valence-corrected chi connectivity index (χ3v) is 15.4. The Kier molecular flexibility index (Phi) is 71.9. The number of rotatable bonds is 30. The molecular formula is C94H106CoMo4N12O16-2. The van der Waals surface area contributed by atoms with E-state index in [4.69, 9.17) is 77.3 Å². The minimum Gasteiger partial charge on any atom is -0.497 e. The van der Waals surface area contributed by atoms with E-state index in [-0.39, 0.29) is 101 Å². The van der Waals surface area contributed by atoms with Gasteiger partial charge in [0.1, 0.15) is 69.0 Å². The zero-order valence-electron chi connectivity index (χ0n) is 73.2. The van der Waals surface area contributed by atoms with Crippen molar-refractivity contribution in [3.05, 3.63) is 323 Å². The van der Waals surface area contributed by atoms with E-state index >= 15 is 0 Å². The summed E-state index contributed by atoms with van der Waals surface area (Å²) in [6, 6.07) is 89.6. The maximum Gasteiger partial charge on any atom is 2.00 e. The fourth-order valence-corrected chi connectivity index (χ4v) is 8.99. The molecule has 0 aliphatic rings. The van der Waals surface area contributed by atoms with Crippen LogP contribution >= 0.6 is 0 Å². The molecule has 33 heteroatoms. The summed E-state index contributed by atoms with van der Waals surface area (Å²) in [4.78, 5) is 25.4. The van der Waals surface area contributed by atoms with E-state index in [9.17, 15) is 0 Å². The van der Waals surface area contributed by atoms with Gasteiger partial charge in [-0.15, -0.1) is 0 Å². The number of methoxy groups -OCH3 is 12. The summed E-state index contributed by atoms with van der Waals surface area (Å²) in [6.07, 6.45) is 9.19. The maximum atomic E-state index is 7.00. The first kappa shape index (κ1) is 119. The van der Waals surface area contributed by atoms with Gasteiger partial charge >= 0.3 is 42.1 Å². The minimum atomic E-state index is 0. The summed E-state index contributed by atoms with van der Waals surface area (Å²) in [5, 5.41) is 53.4. The minimum absolute atomic E-state index is 0. The van der Waals surface area contributed by atoms with Crippen LogP contribution in [0.1, 0.15) is 0 Å². The fraction of sp³-hybridized carbons (Fsp3) is 0.170. The van der Waals surface area contributed by atoms with Gasteiger partial charge in [0.05, 0.1) is 85.3 Å². The van der Waals surface area contributed by atoms with E-state index in [2.05, 4.69) is 61.9 Å². The molecular weight excluding hydrogens is 2000 g/mol. The van der Waals surface area contributed by atoms with Gasteiger partial charge in [-0.25, -0.2) is 0 Å². The van der Waals surface area contributed by atoms with Crippen LogP contribution in [0.4, 0.5) is 68.2 Å². The van der Waals surface area contributed by atoms with Gasteiger partial charge in [0.25, 0.3) is 0 Å². The number of benzene rings is 12. The van der Waals surface area contributed by atoms with Crippen LogP contribution in [0.3, 0.4) is 0 Å². The first-order chi connectivity index (χ1) is 59.9. The molecule has 0 fully saturated rings. The fourth-order valence-electron chi connectivity index (χ4n) is 8.99. The second-order valence-corrected chi connectivity index (χ2v) is 22.6. The van der Waals surface area contributed by atoms with Crippen molar-refractivity contribution in [2.45, 2.75) is 0 Å². The molecule has 0 aliphatic carbocycles. The average Bonchev–Trinajstić information content (AvgIpc) is 0.908. The van der Waals surface area contributed by atoms with Gasteiger partial charge in [0.15, 0.2) is 0 Å². The molecule has 0 aromatic heterocycles. The van der Waals surface area contributed by atoms with Crippen molar-refractivity contribution in [3.63, 3.8) is 0 Å². The van der Waals surface area contributed by atoms with Crippen molar-refractivity contribution in [1.29, 1.82) is 0 Å². The van der Waals surface area contributed by atoms with Crippen molar-refractivity contribution in [2.24, 2.45) is 30.0 Å². The van der Waals surface area contributed by atoms with E-state index in [1.165, 1.54) is 38.0 Å². The van der Waals surface area contributed by atoms with Crippen molar-refractivity contribution in [2.75, 3.05) is 114 Å². The molecule has 673 valence electrons. The predicted octanol–water partition coefficient (Wildman–Crippen LogP) is 22.8. The maximum absolute atomic E-state index is 7.00. The first-order valence-electron chi connectivity index (χ1n) is 36.8. The van der Waals surface area contributed by atoms with Gasteiger partial charge in [-0.1, -0.05) is 184 Å². The van der Waals surface area contributed by atoms with Crippen LogP contribution in [0.15, 0.2) is 321 Å². The third kappa shape index (κ3) is 50.8. The van der Waals surface area contributed by atoms with Crippen LogP contribution in [0.2, 0.25) is 0 Å². The molecule has 12 aromatic rings. The zero-order valence-corrected chi connectivity index (χ0v) is 82.3. The number of hydrogen-bond acceptors (Lipinski definition) is 22. The van der Waals surface area contributed by atoms with E-state index in [1.807, 2.05) is 291 Å². The summed E-state index contributed by atoms with van der Waals surface area (Å²) in [5.74, 6) is 9.73. The van der Waals surface area contributed by atoms with Gasteiger partial charge in [0.2, 0.25) is 0 Å². The van der Waals surface area contributed by atoms with Crippen molar-refractivity contribution in [3.8, 4) is 69.0 Å². The quantitative estimate of drug-likeness (QED) is 0.0185. The van der Waals surface area contributed by atoms with E-state index in [0.717, 1.165) is 166 Å². The molecule has 12 aromatic carbocycles. The molecule has 0 amide bonds. The molecule has 1 radical (unpaired) electrons. The third-order valence-electron chi connectivity index (χ3n) is 15.4. The molecule has 0 spiro atoms. The SMILES string of the molecule is CO.CO.CO.CO.COc1ccc(N=C[N-]c2ccc(OC)cc2)cc1.COc1ccc(N=C[N-]c2ccc(OC)cc2)cc1.COc1ccc(N=C[N-]c2ccc(OC)cc2)cc1.COc1ccc(N=C[N-]c2ccc(OC)cc2)cc1.COc1ccc(N=C[N-]c2ccc(OC)cc2)cc1.COc1ccc(N=C[N-]c2ccc(OC)cc2)cc1.[Co].[Mo+2].[Mo+2].[Mo].[Mo]. The Morgan fingerprint density at radius 2 is 0.244 bits per heavy atom. The normalized spacial score (nSPS) is 9.54. The molecule has 28 nitrogen and oxygen atoms in total. The number of aliphatic hydroxyl groups excluding tert-OH is 4. The Morgan fingerprint density at radius 1 is 0.165 bits per heavy atom. The Labute approximate surface area is 813 Å². The van der Waals surface area contributed by atoms with Crippen LogP contribution in [0.5, 0.6) is 69.0 Å². The van der Waals surface area contributed by atoms with Crippen molar-refractivity contribution < 1.29 is 178 Å². The predicted molar refractivity (Wildman–Crippen MR) is 496 cm³/mol. The van der Waals surface area contributed by atoms with Crippen LogP contribution in [-0.4, -0.2) is 172 Å². The Morgan fingerprint density at radius 3 is 0.323 bits per heavy atom. The summed E-state index contributed by atoms with van der Waals surface area (Å²) in [5.41, 5.74) is 9.98. The van der Waals surface area contributed by atoms with Gasteiger partial charge in [-0.3, -0.25) is 0 Å². The van der Waals surface area contributed by atoms with Gasteiger partial charge in [0, 0.05) is 87.3 Å². The molecule has 127 heavy (non-hydrogen) atoms. The molecule has 0 aliphatic heterocycles. The van der Waals surface area contributed by atoms with Gasteiger partial charge in [-0.05, 0) is 214 Å². The Bertz CT molecular complexity index is 4040. The van der Waals surface area contributed by atoms with Gasteiger partial charge < -0.3 is 139 Å². The second kappa shape index (κ2) is 76.6. The zero-order chi connectivity index (χ0) is 89.0. The number of hydrogen-bond donors (Lipinski definition) is 4. The van der Waals surface area contributed by atoms with Crippen molar-refractivity contribution >= 4 is 106 Å². The summed E-state index contributed by atoms with van der Waals surface area (Å²) in [6.45, 7) is 0. The first-order valence-corrected chi connectivity index (χ1v) is 36.8. The molecule has 0 saturated carbocycles. The molecule has 0 saturated heterocycles. The standard InChI is InChI=1S/6C15H15N2O2.4CH4O.Co.4Mo/c6*1-18-14-7-3-12(4-8-14)16-11-17-13-5-9-15(19-2)10-6-13;4*1-2;;;;;/h6*3-11H,1-2H3;4*2H,1H3;;;;;/q6*-1;;;;;;;;2*+2. The van der Waals surface area contributed by atoms with Crippen molar-refractivity contribution in [1.82, 2.24) is 0 Å². The van der Waals surface area contributed by atoms with E-state index in [0.29, 0.717) is 0 Å². The molecule has 0 atom stereocenters.